The summed E-state index contributed by atoms with van der Waals surface area (Å²) >= 11 is 0. The van der Waals surface area contributed by atoms with Gasteiger partial charge in [-0.15, -0.1) is 0 Å². The Bertz CT molecular complexity index is 1830. The first kappa shape index (κ1) is 32.4. The van der Waals surface area contributed by atoms with E-state index in [1.807, 2.05) is 31.2 Å². The molecule has 3 unspecified atom stereocenters. The van der Waals surface area contributed by atoms with E-state index < -0.39 is 35.8 Å². The van der Waals surface area contributed by atoms with Gasteiger partial charge < -0.3 is 48.2 Å². The number of carbonyl (C=O) groups excluding carboxylic acids is 1. The van der Waals surface area contributed by atoms with Crippen molar-refractivity contribution >= 4 is 11.9 Å². The fourth-order valence-corrected chi connectivity index (χ4v) is 6.90. The number of hydrogen-bond acceptors (Lipinski definition) is 10. The first-order chi connectivity index (χ1) is 23.2. The highest BCUT2D eigenvalue weighted by Crippen LogP contribution is 2.62. The summed E-state index contributed by atoms with van der Waals surface area (Å²) in [5.74, 6) is -1.81. The number of carbonyl (C=O) groups is 2. The summed E-state index contributed by atoms with van der Waals surface area (Å²) in [5.41, 5.74) is 1.41. The monoisotopic (exact) mass is 655 g/mol. The molecule has 0 bridgehead atoms. The lowest BCUT2D eigenvalue weighted by Gasteiger charge is -2.41. The van der Waals surface area contributed by atoms with Crippen LogP contribution in [0.15, 0.2) is 72.8 Å². The Hall–Kier alpha value is -5.58. The Morgan fingerprint density at radius 2 is 1.50 bits per heavy atom. The molecule has 0 amide bonds. The standard InChI is InChI=1S/C37H36O11/c1-5-12-45-24-8-10-29-28(17-24)34(27-9-7-23(42-2)18-31(27)46-19-33(38)39)35(36(40)41)37(29,21-6-11-30-32(15-21)48-20-47-30)22-13-25(43-3)16-26(14-22)44-4/h6-11,13-18,34-35H,5,12,19-20H2,1-4H3,(H,38,39)(H,40,41)/p-1. The molecule has 0 aromatic heterocycles. The second-order valence-corrected chi connectivity index (χ2v) is 11.4. The Balaban J connectivity index is 1.73. The molecule has 1 aliphatic heterocycles. The summed E-state index contributed by atoms with van der Waals surface area (Å²) in [6.07, 6.45) is 0.762. The van der Waals surface area contributed by atoms with Crippen molar-refractivity contribution < 1.29 is 53.0 Å². The van der Waals surface area contributed by atoms with Crippen LogP contribution in [0, 0.1) is 5.92 Å². The van der Waals surface area contributed by atoms with Gasteiger partial charge in [-0.2, -0.15) is 0 Å². The van der Waals surface area contributed by atoms with E-state index in [2.05, 4.69) is 0 Å². The van der Waals surface area contributed by atoms with Gasteiger partial charge in [0.05, 0.1) is 33.4 Å². The molecule has 4 aromatic carbocycles. The highest BCUT2D eigenvalue weighted by Gasteiger charge is 2.56. The lowest BCUT2D eigenvalue weighted by atomic mass is 9.63. The normalized spacial score (nSPS) is 18.9. The molecule has 1 N–H and O–H groups in total. The topological polar surface area (TPSA) is 142 Å². The molecule has 1 heterocycles. The minimum atomic E-state index is -1.44. The van der Waals surface area contributed by atoms with Crippen LogP contribution in [0.2, 0.25) is 0 Å². The molecular formula is C37H35O11-. The number of aliphatic carboxylic acids is 2. The number of methoxy groups -OCH3 is 3. The van der Waals surface area contributed by atoms with E-state index in [-0.39, 0.29) is 12.5 Å². The second-order valence-electron chi connectivity index (χ2n) is 11.4. The molecule has 48 heavy (non-hydrogen) atoms. The molecule has 6 rings (SSSR count). The summed E-state index contributed by atoms with van der Waals surface area (Å²) < 4.78 is 40.0. The molecule has 0 fully saturated rings. The maximum atomic E-state index is 13.9. The van der Waals surface area contributed by atoms with Gasteiger partial charge in [-0.25, -0.2) is 4.79 Å². The van der Waals surface area contributed by atoms with Crippen LogP contribution in [0.3, 0.4) is 0 Å². The Morgan fingerprint density at radius 1 is 0.792 bits per heavy atom. The lowest BCUT2D eigenvalue weighted by molar-refractivity contribution is -0.313. The van der Waals surface area contributed by atoms with Gasteiger partial charge >= 0.3 is 5.97 Å². The van der Waals surface area contributed by atoms with E-state index in [0.29, 0.717) is 68.9 Å². The number of benzene rings is 4. The first-order valence-electron chi connectivity index (χ1n) is 15.4. The van der Waals surface area contributed by atoms with Crippen molar-refractivity contribution in [3.05, 3.63) is 101 Å². The van der Waals surface area contributed by atoms with Crippen LogP contribution in [-0.4, -0.2) is 58.4 Å². The van der Waals surface area contributed by atoms with Gasteiger partial charge in [0.1, 0.15) is 28.7 Å². The summed E-state index contributed by atoms with van der Waals surface area (Å²) in [5, 5.41) is 23.4. The third-order valence-corrected chi connectivity index (χ3v) is 8.85. The predicted molar refractivity (Wildman–Crippen MR) is 171 cm³/mol. The zero-order valence-corrected chi connectivity index (χ0v) is 26.9. The highest BCUT2D eigenvalue weighted by atomic mass is 16.7. The van der Waals surface area contributed by atoms with E-state index in [1.54, 1.807) is 48.5 Å². The molecule has 1 aliphatic carbocycles. The predicted octanol–water partition coefficient (Wildman–Crippen LogP) is 4.54. The van der Waals surface area contributed by atoms with Crippen LogP contribution in [0.25, 0.3) is 0 Å². The minimum Gasteiger partial charge on any atom is -0.550 e. The van der Waals surface area contributed by atoms with Gasteiger partial charge in [0.2, 0.25) is 6.79 Å². The summed E-state index contributed by atoms with van der Waals surface area (Å²) in [6, 6.07) is 21.1. The van der Waals surface area contributed by atoms with Gasteiger partial charge in [-0.3, -0.25) is 0 Å². The number of hydrogen-bond donors (Lipinski definition) is 1. The molecule has 2 aliphatic rings. The van der Waals surface area contributed by atoms with Crippen LogP contribution in [0.1, 0.15) is 47.1 Å². The van der Waals surface area contributed by atoms with Crippen LogP contribution in [0.4, 0.5) is 0 Å². The average molecular weight is 656 g/mol. The van der Waals surface area contributed by atoms with Crippen LogP contribution >= 0.6 is 0 Å². The van der Waals surface area contributed by atoms with Gasteiger partial charge in [-0.1, -0.05) is 25.1 Å². The number of ether oxygens (including phenoxy) is 7. The van der Waals surface area contributed by atoms with Gasteiger partial charge in [0, 0.05) is 35.5 Å². The molecule has 0 saturated carbocycles. The molecule has 0 spiro atoms. The van der Waals surface area contributed by atoms with Crippen molar-refractivity contribution in [1.82, 2.24) is 0 Å². The lowest BCUT2D eigenvalue weighted by Crippen LogP contribution is -2.46. The summed E-state index contributed by atoms with van der Waals surface area (Å²) in [6.45, 7) is 1.81. The van der Waals surface area contributed by atoms with E-state index >= 15 is 0 Å². The summed E-state index contributed by atoms with van der Waals surface area (Å²) in [7, 11) is 4.52. The van der Waals surface area contributed by atoms with Crippen molar-refractivity contribution in [2.45, 2.75) is 24.7 Å². The fourth-order valence-electron chi connectivity index (χ4n) is 6.90. The van der Waals surface area contributed by atoms with Crippen LogP contribution in [-0.2, 0) is 15.0 Å². The maximum Gasteiger partial charge on any atom is 0.341 e. The van der Waals surface area contributed by atoms with E-state index in [9.17, 15) is 19.8 Å². The van der Waals surface area contributed by atoms with Crippen LogP contribution < -0.4 is 38.3 Å². The SMILES string of the molecule is CCCOc1ccc2c(c1)C(c1ccc(OC)cc1OCC(=O)O)C(C(=O)[O-])C2(c1cc(OC)cc(OC)c1)c1ccc2c(c1)OCO2. The maximum absolute atomic E-state index is 13.9. The molecule has 0 saturated heterocycles. The molecule has 4 aromatic rings. The highest BCUT2D eigenvalue weighted by molar-refractivity contribution is 5.82. The fraction of sp³-hybridized carbons (Fsp3) is 0.297. The number of carboxylic acid groups (broad SMARTS) is 2. The van der Waals surface area contributed by atoms with Gasteiger partial charge in [-0.05, 0) is 71.1 Å². The molecule has 11 heteroatoms. The zero-order chi connectivity index (χ0) is 34.0. The Labute approximate surface area is 277 Å². The largest absolute Gasteiger partial charge is 0.550 e. The first-order valence-corrected chi connectivity index (χ1v) is 15.4. The third-order valence-electron chi connectivity index (χ3n) is 8.85. The average Bonchev–Trinajstić information content (AvgIpc) is 3.70. The van der Waals surface area contributed by atoms with Crippen molar-refractivity contribution in [1.29, 1.82) is 0 Å². The van der Waals surface area contributed by atoms with Gasteiger partial charge in [0.15, 0.2) is 18.1 Å². The third kappa shape index (κ3) is 5.55. The van der Waals surface area contributed by atoms with Crippen molar-refractivity contribution in [2.24, 2.45) is 5.92 Å². The molecular weight excluding hydrogens is 620 g/mol. The molecule has 0 radical (unpaired) electrons. The number of rotatable bonds is 13. The number of carboxylic acids is 2. The quantitative estimate of drug-likeness (QED) is 0.217. The molecule has 3 atom stereocenters. The van der Waals surface area contributed by atoms with E-state index in [0.717, 1.165) is 6.42 Å². The van der Waals surface area contributed by atoms with Crippen LogP contribution in [0.5, 0.6) is 40.2 Å². The van der Waals surface area contributed by atoms with Crippen molar-refractivity contribution in [2.75, 3.05) is 41.3 Å². The molecule has 11 nitrogen and oxygen atoms in total. The molecule has 250 valence electrons. The van der Waals surface area contributed by atoms with E-state index in [4.69, 9.17) is 33.2 Å². The van der Waals surface area contributed by atoms with E-state index in [1.165, 1.54) is 21.3 Å². The minimum absolute atomic E-state index is 0.0240. The number of fused-ring (bicyclic) bond motifs is 2. The Kier molecular flexibility index (Phi) is 8.95. The van der Waals surface area contributed by atoms with Gasteiger partial charge in [0.25, 0.3) is 0 Å². The zero-order valence-electron chi connectivity index (χ0n) is 26.9. The Morgan fingerprint density at radius 3 is 2.17 bits per heavy atom. The summed E-state index contributed by atoms with van der Waals surface area (Å²) in [4.78, 5) is 25.5. The second kappa shape index (κ2) is 13.3. The smallest absolute Gasteiger partial charge is 0.341 e. The van der Waals surface area contributed by atoms with Crippen molar-refractivity contribution in [3.63, 3.8) is 0 Å². The van der Waals surface area contributed by atoms with Crippen molar-refractivity contribution in [3.8, 4) is 40.2 Å².